The van der Waals surface area contributed by atoms with E-state index in [1.54, 1.807) is 6.20 Å². The van der Waals surface area contributed by atoms with E-state index in [0.29, 0.717) is 30.4 Å². The maximum atomic E-state index is 11.6. The summed E-state index contributed by atoms with van der Waals surface area (Å²) < 4.78 is 14.5. The average Bonchev–Trinajstić information content (AvgIpc) is 2.73. The molecule has 0 saturated heterocycles. The van der Waals surface area contributed by atoms with Crippen LogP contribution in [0.2, 0.25) is 0 Å². The highest BCUT2D eigenvalue weighted by Crippen LogP contribution is 2.19. The number of aromatic nitrogens is 3. The number of imidazole rings is 1. The highest BCUT2D eigenvalue weighted by molar-refractivity contribution is 9.10. The SMILES string of the molecule is CCS(=O)CCn1c(CCCl)nc2cc(Br)cnc21. The smallest absolute Gasteiger partial charge is 0.160 e. The number of nitrogens with zero attached hydrogens (tertiary/aromatic N) is 3. The average molecular weight is 365 g/mol. The maximum Gasteiger partial charge on any atom is 0.160 e. The van der Waals surface area contributed by atoms with Crippen molar-refractivity contribution in [1.29, 1.82) is 0 Å². The molecule has 2 aromatic rings. The van der Waals surface area contributed by atoms with Gasteiger partial charge in [-0.25, -0.2) is 9.97 Å². The third-order valence-electron chi connectivity index (χ3n) is 2.81. The van der Waals surface area contributed by atoms with E-state index in [9.17, 15) is 4.21 Å². The van der Waals surface area contributed by atoms with Crippen molar-refractivity contribution < 1.29 is 4.21 Å². The topological polar surface area (TPSA) is 47.8 Å². The van der Waals surface area contributed by atoms with E-state index in [4.69, 9.17) is 11.6 Å². The van der Waals surface area contributed by atoms with Crippen molar-refractivity contribution in [3.8, 4) is 0 Å². The molecular formula is C12H15BrClN3OS. The van der Waals surface area contributed by atoms with Crippen molar-refractivity contribution in [1.82, 2.24) is 14.5 Å². The van der Waals surface area contributed by atoms with Crippen LogP contribution >= 0.6 is 27.5 Å². The highest BCUT2D eigenvalue weighted by atomic mass is 79.9. The quantitative estimate of drug-likeness (QED) is 0.741. The standard InChI is InChI=1S/C12H15BrClN3OS/c1-2-19(18)6-5-17-11(3-4-14)16-10-7-9(13)8-15-12(10)17/h7-8H,2-6H2,1H3. The van der Waals surface area contributed by atoms with Gasteiger partial charge in [0, 0.05) is 51.8 Å². The van der Waals surface area contributed by atoms with Crippen molar-refractivity contribution in [3.63, 3.8) is 0 Å². The van der Waals surface area contributed by atoms with Crippen LogP contribution < -0.4 is 0 Å². The molecule has 0 aliphatic carbocycles. The lowest BCUT2D eigenvalue weighted by atomic mass is 10.4. The van der Waals surface area contributed by atoms with Gasteiger partial charge in [0.25, 0.3) is 0 Å². The van der Waals surface area contributed by atoms with E-state index >= 15 is 0 Å². The Morgan fingerprint density at radius 3 is 3.00 bits per heavy atom. The van der Waals surface area contributed by atoms with Gasteiger partial charge in [-0.15, -0.1) is 11.6 Å². The van der Waals surface area contributed by atoms with Crippen molar-refractivity contribution in [3.05, 3.63) is 22.6 Å². The normalized spacial score (nSPS) is 13.0. The number of hydrogen-bond donors (Lipinski definition) is 0. The van der Waals surface area contributed by atoms with Crippen LogP contribution in [-0.4, -0.2) is 36.1 Å². The van der Waals surface area contributed by atoms with Gasteiger partial charge in [-0.3, -0.25) is 4.21 Å². The van der Waals surface area contributed by atoms with Gasteiger partial charge in [0.2, 0.25) is 0 Å². The summed E-state index contributed by atoms with van der Waals surface area (Å²) in [6, 6.07) is 1.94. The Balaban J connectivity index is 2.37. The number of rotatable bonds is 6. The molecule has 0 fully saturated rings. The number of fused-ring (bicyclic) bond motifs is 1. The number of hydrogen-bond acceptors (Lipinski definition) is 3. The van der Waals surface area contributed by atoms with Crippen LogP contribution in [-0.2, 0) is 23.8 Å². The molecule has 2 aromatic heterocycles. The molecule has 0 aliphatic rings. The second kappa shape index (κ2) is 6.81. The number of pyridine rings is 1. The fraction of sp³-hybridized carbons (Fsp3) is 0.500. The molecule has 1 atom stereocenters. The first kappa shape index (κ1) is 14.9. The van der Waals surface area contributed by atoms with Crippen molar-refractivity contribution >= 4 is 49.5 Å². The molecule has 19 heavy (non-hydrogen) atoms. The van der Waals surface area contributed by atoms with E-state index in [-0.39, 0.29) is 0 Å². The van der Waals surface area contributed by atoms with Crippen molar-refractivity contribution in [2.24, 2.45) is 0 Å². The molecule has 0 saturated carbocycles. The predicted molar refractivity (Wildman–Crippen MR) is 83.2 cm³/mol. The molecule has 4 nitrogen and oxygen atoms in total. The monoisotopic (exact) mass is 363 g/mol. The molecule has 104 valence electrons. The summed E-state index contributed by atoms with van der Waals surface area (Å²) in [5, 5.41) is 0. The number of aryl methyl sites for hydroxylation is 2. The summed E-state index contributed by atoms with van der Waals surface area (Å²) in [5.41, 5.74) is 1.67. The van der Waals surface area contributed by atoms with Crippen LogP contribution in [0, 0.1) is 0 Å². The van der Waals surface area contributed by atoms with Gasteiger partial charge in [0.05, 0.1) is 0 Å². The Morgan fingerprint density at radius 1 is 1.53 bits per heavy atom. The van der Waals surface area contributed by atoms with E-state index < -0.39 is 10.8 Å². The lowest BCUT2D eigenvalue weighted by Crippen LogP contribution is -2.12. The zero-order chi connectivity index (χ0) is 13.8. The van der Waals surface area contributed by atoms with Gasteiger partial charge in [-0.2, -0.15) is 0 Å². The Morgan fingerprint density at radius 2 is 2.32 bits per heavy atom. The first-order valence-corrected chi connectivity index (χ1v) is 8.88. The van der Waals surface area contributed by atoms with E-state index in [2.05, 4.69) is 25.9 Å². The number of alkyl halides is 1. The number of halogens is 2. The molecule has 2 heterocycles. The van der Waals surface area contributed by atoms with Crippen LogP contribution in [0.4, 0.5) is 0 Å². The van der Waals surface area contributed by atoms with Crippen molar-refractivity contribution in [2.45, 2.75) is 19.9 Å². The first-order chi connectivity index (χ1) is 9.15. The van der Waals surface area contributed by atoms with Gasteiger partial charge in [0.15, 0.2) is 5.65 Å². The second-order valence-corrected chi connectivity index (χ2v) is 7.21. The summed E-state index contributed by atoms with van der Waals surface area (Å²) in [4.78, 5) is 8.95. The summed E-state index contributed by atoms with van der Waals surface area (Å²) in [6.45, 7) is 2.59. The Kier molecular flexibility index (Phi) is 5.36. The Labute approximate surface area is 128 Å². The van der Waals surface area contributed by atoms with Crippen molar-refractivity contribution in [2.75, 3.05) is 17.4 Å². The molecule has 0 amide bonds. The fourth-order valence-electron chi connectivity index (χ4n) is 1.88. The molecule has 0 aromatic carbocycles. The van der Waals surface area contributed by atoms with Crippen LogP contribution in [0.3, 0.4) is 0 Å². The molecule has 2 rings (SSSR count). The molecule has 7 heteroatoms. The lowest BCUT2D eigenvalue weighted by molar-refractivity contribution is 0.670. The van der Waals surface area contributed by atoms with Gasteiger partial charge < -0.3 is 4.57 Å². The van der Waals surface area contributed by atoms with Gasteiger partial charge in [0.1, 0.15) is 11.3 Å². The molecule has 0 N–H and O–H groups in total. The van der Waals surface area contributed by atoms with E-state index in [0.717, 1.165) is 21.5 Å². The van der Waals surface area contributed by atoms with E-state index in [1.165, 1.54) is 0 Å². The highest BCUT2D eigenvalue weighted by Gasteiger charge is 2.12. The maximum absolute atomic E-state index is 11.6. The Bertz CT molecular complexity index is 602. The fourth-order valence-corrected chi connectivity index (χ4v) is 3.04. The summed E-state index contributed by atoms with van der Waals surface area (Å²) in [6.07, 6.45) is 2.44. The molecule has 0 aliphatic heterocycles. The summed E-state index contributed by atoms with van der Waals surface area (Å²) in [7, 11) is -0.790. The molecule has 0 spiro atoms. The van der Waals surface area contributed by atoms with Gasteiger partial charge in [-0.1, -0.05) is 6.92 Å². The van der Waals surface area contributed by atoms with E-state index in [1.807, 2.05) is 17.6 Å². The van der Waals surface area contributed by atoms with Crippen LogP contribution in [0.1, 0.15) is 12.7 Å². The predicted octanol–water partition coefficient (Wildman–Crippen LogP) is 2.74. The minimum Gasteiger partial charge on any atom is -0.312 e. The first-order valence-electron chi connectivity index (χ1n) is 6.07. The third-order valence-corrected chi connectivity index (χ3v) is 4.72. The minimum absolute atomic E-state index is 0.515. The third kappa shape index (κ3) is 3.55. The summed E-state index contributed by atoms with van der Waals surface area (Å²) in [5.74, 6) is 2.72. The molecule has 1 unspecified atom stereocenters. The van der Waals surface area contributed by atoms with Crippen LogP contribution in [0.15, 0.2) is 16.7 Å². The summed E-state index contributed by atoms with van der Waals surface area (Å²) >= 11 is 9.21. The minimum atomic E-state index is -0.790. The van der Waals surface area contributed by atoms with Gasteiger partial charge in [-0.05, 0) is 22.0 Å². The largest absolute Gasteiger partial charge is 0.312 e. The molecule has 0 bridgehead atoms. The van der Waals surface area contributed by atoms with Gasteiger partial charge >= 0.3 is 0 Å². The molecular weight excluding hydrogens is 350 g/mol. The lowest BCUT2D eigenvalue weighted by Gasteiger charge is -2.07. The second-order valence-electron chi connectivity index (χ2n) is 4.05. The Hall–Kier alpha value is -0.460. The molecule has 0 radical (unpaired) electrons. The zero-order valence-electron chi connectivity index (χ0n) is 10.6. The zero-order valence-corrected chi connectivity index (χ0v) is 13.8. The van der Waals surface area contributed by atoms with Crippen LogP contribution in [0.25, 0.3) is 11.2 Å². The van der Waals surface area contributed by atoms with Crippen LogP contribution in [0.5, 0.6) is 0 Å².